The maximum absolute atomic E-state index is 9.15. The van der Waals surface area contributed by atoms with E-state index in [-0.39, 0.29) is 0 Å². The van der Waals surface area contributed by atoms with E-state index in [0.717, 1.165) is 17.8 Å². The summed E-state index contributed by atoms with van der Waals surface area (Å²) in [5.41, 5.74) is 8.05. The van der Waals surface area contributed by atoms with Crippen molar-refractivity contribution in [1.29, 1.82) is 5.26 Å². The third-order valence-corrected chi connectivity index (χ3v) is 2.95. The average Bonchev–Trinajstić information content (AvgIpc) is 2.76. The fourth-order valence-corrected chi connectivity index (χ4v) is 2.04. The number of benzene rings is 1. The van der Waals surface area contributed by atoms with Crippen LogP contribution in [0.1, 0.15) is 18.3 Å². The Balaban J connectivity index is 2.64. The van der Waals surface area contributed by atoms with Gasteiger partial charge in [-0.2, -0.15) is 5.26 Å². The smallest absolute Gasteiger partial charge is 0.132 e. The van der Waals surface area contributed by atoms with Crippen molar-refractivity contribution in [2.24, 2.45) is 0 Å². The second-order valence-electron chi connectivity index (χ2n) is 4.06. The number of aromatic nitrogens is 2. The predicted molar refractivity (Wildman–Crippen MR) is 75.0 cm³/mol. The molecule has 0 radical (unpaired) electrons. The molecule has 94 valence electrons. The van der Waals surface area contributed by atoms with Crippen LogP contribution in [0.3, 0.4) is 0 Å². The molecule has 0 saturated heterocycles. The van der Waals surface area contributed by atoms with Crippen molar-refractivity contribution in [2.45, 2.75) is 19.9 Å². The number of nitriles is 1. The van der Waals surface area contributed by atoms with E-state index in [1.807, 2.05) is 29.7 Å². The highest BCUT2D eigenvalue weighted by Crippen LogP contribution is 2.29. The molecule has 0 aliphatic carbocycles. The van der Waals surface area contributed by atoms with E-state index in [1.54, 1.807) is 6.07 Å². The van der Waals surface area contributed by atoms with Gasteiger partial charge in [0.05, 0.1) is 18.2 Å². The number of imidazole rings is 1. The minimum absolute atomic E-state index is 0.386. The maximum atomic E-state index is 9.15. The van der Waals surface area contributed by atoms with Crippen LogP contribution in [-0.2, 0) is 13.0 Å². The van der Waals surface area contributed by atoms with Crippen molar-refractivity contribution in [2.75, 3.05) is 5.73 Å². The number of anilines is 1. The van der Waals surface area contributed by atoms with Gasteiger partial charge in [0, 0.05) is 12.0 Å². The van der Waals surface area contributed by atoms with Crippen LogP contribution < -0.4 is 5.73 Å². The first-order chi connectivity index (χ1) is 9.22. The zero-order chi connectivity index (χ0) is 13.8. The summed E-state index contributed by atoms with van der Waals surface area (Å²) in [6.45, 7) is 2.38. The summed E-state index contributed by atoms with van der Waals surface area (Å²) in [6.07, 6.45) is 6.09. The first kappa shape index (κ1) is 12.7. The molecule has 0 amide bonds. The van der Waals surface area contributed by atoms with Gasteiger partial charge < -0.3 is 10.3 Å². The van der Waals surface area contributed by atoms with Crippen LogP contribution in [0.5, 0.6) is 0 Å². The molecule has 0 spiro atoms. The molecular weight excluding hydrogens is 236 g/mol. The van der Waals surface area contributed by atoms with Crippen molar-refractivity contribution in [1.82, 2.24) is 9.55 Å². The summed E-state index contributed by atoms with van der Waals surface area (Å²) in [4.78, 5) is 4.52. The van der Waals surface area contributed by atoms with Gasteiger partial charge in [-0.05, 0) is 6.07 Å². The summed E-state index contributed by atoms with van der Waals surface area (Å²) >= 11 is 0. The number of hydrogen-bond acceptors (Lipinski definition) is 3. The minimum Gasteiger partial charge on any atom is -0.383 e. The van der Waals surface area contributed by atoms with Gasteiger partial charge in [-0.1, -0.05) is 31.0 Å². The number of nitrogens with two attached hydrogens (primary N) is 1. The molecule has 0 fully saturated rings. The standard InChI is InChI=1S/C15H14N4/c1-3-9-19-13(4-2)18-14(15(19)17)12-8-6-5-7-11(12)10-16/h1,5-8H,4,9,17H2,2H3. The minimum atomic E-state index is 0.386. The molecule has 2 N–H and O–H groups in total. The van der Waals surface area contributed by atoms with Gasteiger partial charge >= 0.3 is 0 Å². The number of hydrogen-bond donors (Lipinski definition) is 1. The van der Waals surface area contributed by atoms with E-state index in [9.17, 15) is 0 Å². The van der Waals surface area contributed by atoms with Gasteiger partial charge in [0.25, 0.3) is 0 Å². The van der Waals surface area contributed by atoms with E-state index in [1.165, 1.54) is 0 Å². The molecule has 4 heteroatoms. The molecule has 1 aromatic heterocycles. The number of nitrogens with zero attached hydrogens (tertiary/aromatic N) is 3. The molecule has 0 aliphatic rings. The summed E-state index contributed by atoms with van der Waals surface area (Å²) in [5.74, 6) is 3.91. The topological polar surface area (TPSA) is 67.6 Å². The first-order valence-electron chi connectivity index (χ1n) is 6.00. The lowest BCUT2D eigenvalue weighted by molar-refractivity contribution is 0.769. The molecule has 4 nitrogen and oxygen atoms in total. The van der Waals surface area contributed by atoms with Crippen LogP contribution in [0, 0.1) is 23.7 Å². The third-order valence-electron chi connectivity index (χ3n) is 2.95. The number of terminal acetylenes is 1. The van der Waals surface area contributed by atoms with Gasteiger partial charge in [0.2, 0.25) is 0 Å². The van der Waals surface area contributed by atoms with Crippen LogP contribution >= 0.6 is 0 Å². The van der Waals surface area contributed by atoms with Crippen LogP contribution in [-0.4, -0.2) is 9.55 Å². The Labute approximate surface area is 112 Å². The fourth-order valence-electron chi connectivity index (χ4n) is 2.04. The Morgan fingerprint density at radius 3 is 2.79 bits per heavy atom. The molecule has 0 aliphatic heterocycles. The van der Waals surface area contributed by atoms with E-state index >= 15 is 0 Å². The normalized spacial score (nSPS) is 9.84. The van der Waals surface area contributed by atoms with Crippen LogP contribution in [0.15, 0.2) is 24.3 Å². The monoisotopic (exact) mass is 250 g/mol. The van der Waals surface area contributed by atoms with Gasteiger partial charge in [-0.15, -0.1) is 6.42 Å². The predicted octanol–water partition coefficient (Wildman–Crippen LogP) is 2.20. The molecule has 19 heavy (non-hydrogen) atoms. The highest BCUT2D eigenvalue weighted by Gasteiger charge is 2.16. The lowest BCUT2D eigenvalue weighted by Crippen LogP contribution is -2.05. The van der Waals surface area contributed by atoms with Gasteiger partial charge in [0.1, 0.15) is 17.3 Å². The molecule has 0 saturated carbocycles. The average molecular weight is 250 g/mol. The van der Waals surface area contributed by atoms with E-state index < -0.39 is 0 Å². The van der Waals surface area contributed by atoms with Crippen LogP contribution in [0.25, 0.3) is 11.3 Å². The van der Waals surface area contributed by atoms with Crippen LogP contribution in [0.2, 0.25) is 0 Å². The zero-order valence-electron chi connectivity index (χ0n) is 10.7. The van der Waals surface area contributed by atoms with E-state index in [4.69, 9.17) is 17.4 Å². The Kier molecular flexibility index (Phi) is 3.54. The Morgan fingerprint density at radius 2 is 2.16 bits per heavy atom. The van der Waals surface area contributed by atoms with Crippen molar-refractivity contribution in [3.05, 3.63) is 35.7 Å². The Bertz CT molecular complexity index is 683. The van der Waals surface area contributed by atoms with Gasteiger partial charge in [-0.25, -0.2) is 4.98 Å². The third kappa shape index (κ3) is 2.17. The molecule has 0 bridgehead atoms. The molecule has 0 atom stereocenters. The van der Waals surface area contributed by atoms with Crippen molar-refractivity contribution < 1.29 is 0 Å². The maximum Gasteiger partial charge on any atom is 0.132 e. The Hall–Kier alpha value is -2.72. The lowest BCUT2D eigenvalue weighted by atomic mass is 10.1. The number of rotatable bonds is 3. The molecule has 2 aromatic rings. The molecular formula is C15H14N4. The fraction of sp³-hybridized carbons (Fsp3) is 0.200. The molecule has 2 rings (SSSR count). The molecule has 0 unspecified atom stereocenters. The SMILES string of the molecule is C#CCn1c(CC)nc(-c2ccccc2C#N)c1N. The zero-order valence-corrected chi connectivity index (χ0v) is 10.7. The summed E-state index contributed by atoms with van der Waals surface area (Å²) in [7, 11) is 0. The second-order valence-corrected chi connectivity index (χ2v) is 4.06. The molecule has 1 heterocycles. The lowest BCUT2D eigenvalue weighted by Gasteiger charge is -2.04. The first-order valence-corrected chi connectivity index (χ1v) is 6.00. The van der Waals surface area contributed by atoms with Crippen molar-refractivity contribution >= 4 is 5.82 Å². The van der Waals surface area contributed by atoms with Crippen molar-refractivity contribution in [3.8, 4) is 29.7 Å². The number of nitrogen functional groups attached to an aromatic ring is 1. The highest BCUT2D eigenvalue weighted by molar-refractivity contribution is 5.76. The summed E-state index contributed by atoms with van der Waals surface area (Å²) in [5, 5.41) is 9.15. The second kappa shape index (κ2) is 5.29. The van der Waals surface area contributed by atoms with Crippen molar-refractivity contribution in [3.63, 3.8) is 0 Å². The van der Waals surface area contributed by atoms with Crippen LogP contribution in [0.4, 0.5) is 5.82 Å². The summed E-state index contributed by atoms with van der Waals surface area (Å²) in [6, 6.07) is 9.43. The van der Waals surface area contributed by atoms with Gasteiger partial charge in [-0.3, -0.25) is 0 Å². The number of aryl methyl sites for hydroxylation is 1. The van der Waals surface area contributed by atoms with Gasteiger partial charge in [0.15, 0.2) is 0 Å². The molecule has 1 aromatic carbocycles. The van der Waals surface area contributed by atoms with E-state index in [2.05, 4.69) is 17.0 Å². The van der Waals surface area contributed by atoms with E-state index in [0.29, 0.717) is 23.6 Å². The Morgan fingerprint density at radius 1 is 1.42 bits per heavy atom. The quantitative estimate of drug-likeness (QED) is 0.849. The largest absolute Gasteiger partial charge is 0.383 e. The summed E-state index contributed by atoms with van der Waals surface area (Å²) < 4.78 is 1.81. The highest BCUT2D eigenvalue weighted by atomic mass is 15.1.